The van der Waals surface area contributed by atoms with Gasteiger partial charge in [-0.05, 0) is 46.3 Å². The first-order chi connectivity index (χ1) is 19.7. The number of hydrogen-bond donors (Lipinski definition) is 2. The molecule has 0 aliphatic carbocycles. The molecule has 12 nitrogen and oxygen atoms in total. The Labute approximate surface area is 242 Å². The molecule has 1 aromatic carbocycles. The minimum absolute atomic E-state index is 0.0485. The monoisotopic (exact) mass is 623 g/mol. The van der Waals surface area contributed by atoms with Crippen LogP contribution in [0.25, 0.3) is 10.9 Å². The first-order valence-corrected chi connectivity index (χ1v) is 13.7. The maximum atomic E-state index is 14.9. The first-order valence-electron chi connectivity index (χ1n) is 13.0. The number of carbonyl (C=O) groups excluding carboxylic acids is 2. The number of nitrogens with zero attached hydrogens (tertiary/aromatic N) is 7. The van der Waals surface area contributed by atoms with Crippen LogP contribution in [0.2, 0.25) is 0 Å². The van der Waals surface area contributed by atoms with Gasteiger partial charge in [-0.15, -0.1) is 0 Å². The van der Waals surface area contributed by atoms with Crippen molar-refractivity contribution in [3.63, 3.8) is 0 Å². The second-order valence-corrected chi connectivity index (χ2v) is 11.1. The number of benzene rings is 1. The molecule has 4 aromatic rings. The van der Waals surface area contributed by atoms with Crippen molar-refractivity contribution in [2.24, 2.45) is 5.73 Å². The fourth-order valence-corrected chi connectivity index (χ4v) is 5.84. The lowest BCUT2D eigenvalue weighted by Gasteiger charge is -2.49. The van der Waals surface area contributed by atoms with Gasteiger partial charge in [0.1, 0.15) is 22.9 Å². The summed E-state index contributed by atoms with van der Waals surface area (Å²) in [7, 11) is 1.87. The van der Waals surface area contributed by atoms with Crippen molar-refractivity contribution >= 4 is 55.8 Å². The van der Waals surface area contributed by atoms with Gasteiger partial charge in [-0.2, -0.15) is 5.10 Å². The number of alkyl halides is 1. The third-order valence-electron chi connectivity index (χ3n) is 7.60. The Bertz CT molecular complexity index is 1610. The Morgan fingerprint density at radius 1 is 1.22 bits per heavy atom. The van der Waals surface area contributed by atoms with Gasteiger partial charge >= 0.3 is 0 Å². The van der Waals surface area contributed by atoms with Gasteiger partial charge < -0.3 is 20.7 Å². The molecule has 0 radical (unpaired) electrons. The minimum atomic E-state index is -1.19. The van der Waals surface area contributed by atoms with Crippen molar-refractivity contribution in [3.8, 4) is 0 Å². The lowest BCUT2D eigenvalue weighted by Crippen LogP contribution is -2.67. The molecule has 3 aromatic heterocycles. The predicted octanol–water partition coefficient (Wildman–Crippen LogP) is 2.67. The van der Waals surface area contributed by atoms with E-state index in [2.05, 4.69) is 41.3 Å². The van der Waals surface area contributed by atoms with Gasteiger partial charge in [0.15, 0.2) is 5.69 Å². The topological polar surface area (TPSA) is 144 Å². The van der Waals surface area contributed by atoms with Gasteiger partial charge in [-0.25, -0.2) is 19.3 Å². The molecule has 2 atom stereocenters. The molecule has 212 valence electrons. The van der Waals surface area contributed by atoms with E-state index in [4.69, 9.17) is 10.5 Å². The highest BCUT2D eigenvalue weighted by Crippen LogP contribution is 2.37. The maximum absolute atomic E-state index is 14.9. The van der Waals surface area contributed by atoms with E-state index in [-0.39, 0.29) is 44.3 Å². The standard InChI is InChI=1S/C27H27BrFN9O3/c1-36(18-9-31-15-32-10-18)17-5-6-20-19(8-17)24(25(30)39)35-38(20)12-27(13-41-14-27)37-11-16(29)7-21(37)26(40)34-23-4-2-3-22(28)33-23/h2-6,8-10,15-16,21H,7,11-14H2,1H3,(H2,30,39)(H,33,34,40)/t16-,21+/m1/s1. The Balaban J connectivity index is 1.31. The van der Waals surface area contributed by atoms with Gasteiger partial charge in [0.2, 0.25) is 5.91 Å². The summed E-state index contributed by atoms with van der Waals surface area (Å²) in [5.74, 6) is -0.639. The average Bonchev–Trinajstić information content (AvgIpc) is 3.51. The number of pyridine rings is 1. The number of ether oxygens (including phenoxy) is 1. The molecule has 6 rings (SSSR count). The number of nitrogens with two attached hydrogens (primary N) is 1. The highest BCUT2D eigenvalue weighted by Gasteiger charge is 2.53. The van der Waals surface area contributed by atoms with E-state index in [1.165, 1.54) is 6.33 Å². The summed E-state index contributed by atoms with van der Waals surface area (Å²) in [5, 5.41) is 7.96. The van der Waals surface area contributed by atoms with E-state index < -0.39 is 23.7 Å². The number of rotatable bonds is 8. The molecule has 0 unspecified atom stereocenters. The maximum Gasteiger partial charge on any atom is 0.269 e. The number of halogens is 2. The SMILES string of the molecule is CN(c1cncnc1)c1ccc2c(c1)c(C(N)=O)nn2CC1(N2C[C@H](F)C[C@H]2C(=O)Nc2cccc(Br)n2)COC1. The van der Waals surface area contributed by atoms with Crippen molar-refractivity contribution in [1.82, 2.24) is 29.6 Å². The number of aromatic nitrogens is 5. The van der Waals surface area contributed by atoms with Gasteiger partial charge in [-0.3, -0.25) is 19.2 Å². The normalized spacial score (nSPS) is 20.1. The summed E-state index contributed by atoms with van der Waals surface area (Å²) in [6.45, 7) is 0.898. The van der Waals surface area contributed by atoms with Crippen LogP contribution < -0.4 is 16.0 Å². The highest BCUT2D eigenvalue weighted by atomic mass is 79.9. The molecule has 14 heteroatoms. The molecular weight excluding hydrogens is 597 g/mol. The van der Waals surface area contributed by atoms with Gasteiger partial charge in [0, 0.05) is 31.1 Å². The quantitative estimate of drug-likeness (QED) is 0.283. The lowest BCUT2D eigenvalue weighted by molar-refractivity contribution is -0.160. The van der Waals surface area contributed by atoms with Crippen molar-refractivity contribution < 1.29 is 18.7 Å². The largest absolute Gasteiger partial charge is 0.377 e. The van der Waals surface area contributed by atoms with E-state index >= 15 is 0 Å². The number of carbonyl (C=O) groups is 2. The smallest absolute Gasteiger partial charge is 0.269 e. The van der Waals surface area contributed by atoms with Crippen LogP contribution in [0, 0.1) is 0 Å². The highest BCUT2D eigenvalue weighted by molar-refractivity contribution is 9.10. The predicted molar refractivity (Wildman–Crippen MR) is 152 cm³/mol. The van der Waals surface area contributed by atoms with E-state index in [0.717, 1.165) is 11.4 Å². The molecule has 0 saturated carbocycles. The van der Waals surface area contributed by atoms with Gasteiger partial charge in [0.25, 0.3) is 5.91 Å². The fraction of sp³-hybridized carbons (Fsp3) is 0.333. The Morgan fingerprint density at radius 3 is 2.68 bits per heavy atom. The summed E-state index contributed by atoms with van der Waals surface area (Å²) in [4.78, 5) is 41.9. The van der Waals surface area contributed by atoms with Crippen molar-refractivity contribution in [2.45, 2.75) is 30.7 Å². The molecule has 2 saturated heterocycles. The zero-order valence-electron chi connectivity index (χ0n) is 22.1. The molecule has 2 aliphatic heterocycles. The van der Waals surface area contributed by atoms with Gasteiger partial charge in [0.05, 0.1) is 54.9 Å². The van der Waals surface area contributed by atoms with E-state index in [0.29, 0.717) is 21.3 Å². The fourth-order valence-electron chi connectivity index (χ4n) is 5.50. The number of likely N-dealkylation sites (tertiary alicyclic amines) is 1. The second-order valence-electron chi connectivity index (χ2n) is 10.3. The van der Waals surface area contributed by atoms with Crippen molar-refractivity contribution in [2.75, 3.05) is 37.0 Å². The number of fused-ring (bicyclic) bond motifs is 1. The summed E-state index contributed by atoms with van der Waals surface area (Å²) in [6, 6.07) is 10.1. The number of amides is 2. The van der Waals surface area contributed by atoms with E-state index in [1.807, 2.05) is 35.0 Å². The molecule has 0 spiro atoms. The molecular formula is C27H27BrFN9O3. The van der Waals surface area contributed by atoms with Crippen molar-refractivity contribution in [1.29, 1.82) is 0 Å². The minimum Gasteiger partial charge on any atom is -0.377 e. The molecule has 2 fully saturated rings. The number of primary amides is 1. The number of nitrogens with one attached hydrogen (secondary N) is 1. The van der Waals surface area contributed by atoms with Gasteiger partial charge in [-0.1, -0.05) is 6.07 Å². The Kier molecular flexibility index (Phi) is 7.13. The lowest BCUT2D eigenvalue weighted by atomic mass is 9.93. The molecule has 2 amide bonds. The van der Waals surface area contributed by atoms with Crippen LogP contribution in [0.3, 0.4) is 0 Å². The van der Waals surface area contributed by atoms with Crippen LogP contribution in [-0.4, -0.2) is 86.0 Å². The first kappa shape index (κ1) is 27.2. The number of hydrogen-bond acceptors (Lipinski definition) is 9. The third-order valence-corrected chi connectivity index (χ3v) is 8.04. The number of anilines is 3. The Morgan fingerprint density at radius 2 is 2.00 bits per heavy atom. The molecule has 5 heterocycles. The summed E-state index contributed by atoms with van der Waals surface area (Å²) >= 11 is 3.30. The molecule has 3 N–H and O–H groups in total. The molecule has 0 bridgehead atoms. The Hall–Kier alpha value is -4.01. The van der Waals surface area contributed by atoms with E-state index in [1.54, 1.807) is 35.3 Å². The third kappa shape index (κ3) is 5.13. The molecule has 41 heavy (non-hydrogen) atoms. The average molecular weight is 624 g/mol. The van der Waals surface area contributed by atoms with Crippen LogP contribution in [-0.2, 0) is 16.1 Å². The van der Waals surface area contributed by atoms with Crippen LogP contribution in [0.5, 0.6) is 0 Å². The molecule has 2 aliphatic rings. The summed E-state index contributed by atoms with van der Waals surface area (Å²) in [5.41, 5.74) is 7.38. The van der Waals surface area contributed by atoms with Crippen LogP contribution in [0.15, 0.2) is 59.7 Å². The van der Waals surface area contributed by atoms with Crippen molar-refractivity contribution in [3.05, 3.63) is 65.4 Å². The zero-order valence-corrected chi connectivity index (χ0v) is 23.7. The second kappa shape index (κ2) is 10.8. The van der Waals surface area contributed by atoms with E-state index in [9.17, 15) is 14.0 Å². The van der Waals surface area contributed by atoms with Crippen LogP contribution in [0.4, 0.5) is 21.6 Å². The summed E-state index contributed by atoms with van der Waals surface area (Å²) in [6.07, 6.45) is 3.68. The summed E-state index contributed by atoms with van der Waals surface area (Å²) < 4.78 is 22.8. The zero-order chi connectivity index (χ0) is 28.7. The van der Waals surface area contributed by atoms with Crippen LogP contribution in [0.1, 0.15) is 16.9 Å². The van der Waals surface area contributed by atoms with Crippen LogP contribution >= 0.6 is 15.9 Å².